The Morgan fingerprint density at radius 1 is 0.967 bits per heavy atom. The molecule has 4 heterocycles. The molecule has 30 heavy (non-hydrogen) atoms. The van der Waals surface area contributed by atoms with Crippen LogP contribution in [0, 0.1) is 0 Å². The second-order valence-corrected chi connectivity index (χ2v) is 8.11. The standard InChI is InChI=1S/C23H28N6O/c30-23-21-18(7-10-26-23)15-20(29-13-11-25-12-14-29)28-22(21)27-19-3-1-16(2-4-19)17-5-8-24-9-6-17/h1-4,7,10,15,17,24-25H,5-6,8-9,11-14H2,(H,26,30)(H,27,28). The molecule has 0 amide bonds. The van der Waals surface area contributed by atoms with Crippen molar-refractivity contribution in [3.8, 4) is 0 Å². The number of nitrogens with zero attached hydrogens (tertiary/aromatic N) is 2. The summed E-state index contributed by atoms with van der Waals surface area (Å²) in [5.74, 6) is 2.14. The van der Waals surface area contributed by atoms with Crippen molar-refractivity contribution >= 4 is 28.1 Å². The van der Waals surface area contributed by atoms with Crippen LogP contribution in [0.1, 0.15) is 24.3 Å². The van der Waals surface area contributed by atoms with Crippen LogP contribution in [-0.4, -0.2) is 49.2 Å². The van der Waals surface area contributed by atoms with Crippen LogP contribution in [0.4, 0.5) is 17.3 Å². The summed E-state index contributed by atoms with van der Waals surface area (Å²) < 4.78 is 0. The van der Waals surface area contributed by atoms with Gasteiger partial charge >= 0.3 is 0 Å². The van der Waals surface area contributed by atoms with Crippen molar-refractivity contribution in [2.75, 3.05) is 49.5 Å². The molecule has 0 aliphatic carbocycles. The Morgan fingerprint density at radius 2 is 1.70 bits per heavy atom. The van der Waals surface area contributed by atoms with E-state index in [0.717, 1.165) is 56.2 Å². The molecular formula is C23H28N6O. The molecular weight excluding hydrogens is 376 g/mol. The van der Waals surface area contributed by atoms with Crippen molar-refractivity contribution in [2.24, 2.45) is 0 Å². The van der Waals surface area contributed by atoms with E-state index in [4.69, 9.17) is 4.98 Å². The van der Waals surface area contributed by atoms with E-state index in [9.17, 15) is 4.79 Å². The predicted octanol–water partition coefficient (Wildman–Crippen LogP) is 2.54. The summed E-state index contributed by atoms with van der Waals surface area (Å²) in [4.78, 5) is 22.5. The predicted molar refractivity (Wildman–Crippen MR) is 122 cm³/mol. The fourth-order valence-electron chi connectivity index (χ4n) is 4.48. The highest BCUT2D eigenvalue weighted by Gasteiger charge is 2.17. The van der Waals surface area contributed by atoms with E-state index in [1.165, 1.54) is 18.4 Å². The number of rotatable bonds is 4. The average Bonchev–Trinajstić information content (AvgIpc) is 2.81. The van der Waals surface area contributed by atoms with Gasteiger partial charge in [0.1, 0.15) is 11.6 Å². The first kappa shape index (κ1) is 19.1. The molecule has 0 atom stereocenters. The molecule has 0 bridgehead atoms. The van der Waals surface area contributed by atoms with E-state index in [0.29, 0.717) is 17.1 Å². The highest BCUT2D eigenvalue weighted by Crippen LogP contribution is 2.29. The lowest BCUT2D eigenvalue weighted by molar-refractivity contribution is 0.460. The molecule has 2 fully saturated rings. The molecule has 7 heteroatoms. The van der Waals surface area contributed by atoms with Crippen LogP contribution in [0.25, 0.3) is 10.8 Å². The summed E-state index contributed by atoms with van der Waals surface area (Å²) in [6.45, 7) is 5.87. The lowest BCUT2D eigenvalue weighted by Crippen LogP contribution is -2.43. The minimum absolute atomic E-state index is 0.124. The first-order chi connectivity index (χ1) is 14.8. The third-order valence-corrected chi connectivity index (χ3v) is 6.17. The van der Waals surface area contributed by atoms with Gasteiger partial charge in [-0.2, -0.15) is 0 Å². The number of piperidine rings is 1. The number of aromatic amines is 1. The summed E-state index contributed by atoms with van der Waals surface area (Å²) in [7, 11) is 0. The molecule has 0 radical (unpaired) electrons. The molecule has 156 valence electrons. The number of aromatic nitrogens is 2. The SMILES string of the molecule is O=c1[nH]ccc2cc(N3CCNCC3)nc(Nc3ccc(C4CCNCC4)cc3)c12. The van der Waals surface area contributed by atoms with Crippen molar-refractivity contribution in [1.82, 2.24) is 20.6 Å². The maximum atomic E-state index is 12.6. The van der Waals surface area contributed by atoms with Crippen LogP contribution in [0.15, 0.2) is 47.4 Å². The zero-order valence-electron chi connectivity index (χ0n) is 17.1. The third kappa shape index (κ3) is 3.91. The van der Waals surface area contributed by atoms with E-state index in [-0.39, 0.29) is 5.56 Å². The number of anilines is 3. The van der Waals surface area contributed by atoms with Crippen LogP contribution in [0.2, 0.25) is 0 Å². The summed E-state index contributed by atoms with van der Waals surface area (Å²) in [5, 5.41) is 11.7. The van der Waals surface area contributed by atoms with Crippen LogP contribution < -0.4 is 26.4 Å². The normalized spacial score (nSPS) is 17.9. The lowest BCUT2D eigenvalue weighted by Gasteiger charge is -2.29. The van der Waals surface area contributed by atoms with Crippen molar-refractivity contribution in [3.05, 3.63) is 58.5 Å². The second-order valence-electron chi connectivity index (χ2n) is 8.11. The van der Waals surface area contributed by atoms with Gasteiger partial charge in [0.15, 0.2) is 0 Å². The van der Waals surface area contributed by atoms with Crippen LogP contribution in [-0.2, 0) is 0 Å². The fourth-order valence-corrected chi connectivity index (χ4v) is 4.48. The average molecular weight is 405 g/mol. The van der Waals surface area contributed by atoms with E-state index in [1.807, 2.05) is 12.1 Å². The molecule has 1 aromatic carbocycles. The number of H-pyrrole nitrogens is 1. The Kier molecular flexibility index (Phi) is 5.38. The Labute approximate surface area is 175 Å². The van der Waals surface area contributed by atoms with Gasteiger partial charge in [0, 0.05) is 38.1 Å². The number of piperazine rings is 1. The van der Waals surface area contributed by atoms with Gasteiger partial charge in [0.05, 0.1) is 5.39 Å². The Bertz CT molecular complexity index is 1070. The van der Waals surface area contributed by atoms with Gasteiger partial charge in [-0.05, 0) is 67.1 Å². The van der Waals surface area contributed by atoms with Crippen molar-refractivity contribution in [1.29, 1.82) is 0 Å². The Hall–Kier alpha value is -2.90. The minimum Gasteiger partial charge on any atom is -0.354 e. The first-order valence-electron chi connectivity index (χ1n) is 10.8. The molecule has 5 rings (SSSR count). The van der Waals surface area contributed by atoms with E-state index >= 15 is 0 Å². The van der Waals surface area contributed by atoms with Gasteiger partial charge in [-0.1, -0.05) is 12.1 Å². The van der Waals surface area contributed by atoms with Gasteiger partial charge in [-0.25, -0.2) is 4.98 Å². The summed E-state index contributed by atoms with van der Waals surface area (Å²) in [5.41, 5.74) is 2.20. The number of hydrogen-bond acceptors (Lipinski definition) is 6. The molecule has 0 saturated carbocycles. The van der Waals surface area contributed by atoms with Gasteiger partial charge < -0.3 is 25.8 Å². The van der Waals surface area contributed by atoms with Gasteiger partial charge in [-0.15, -0.1) is 0 Å². The van der Waals surface area contributed by atoms with Gasteiger partial charge in [0.25, 0.3) is 5.56 Å². The van der Waals surface area contributed by atoms with E-state index < -0.39 is 0 Å². The fraction of sp³-hybridized carbons (Fsp3) is 0.391. The Morgan fingerprint density at radius 3 is 2.47 bits per heavy atom. The molecule has 4 N–H and O–H groups in total. The van der Waals surface area contributed by atoms with E-state index in [1.54, 1.807) is 6.20 Å². The molecule has 0 unspecified atom stereocenters. The zero-order valence-corrected chi connectivity index (χ0v) is 17.1. The highest BCUT2D eigenvalue weighted by atomic mass is 16.1. The topological polar surface area (TPSA) is 85.1 Å². The molecule has 3 aromatic rings. The van der Waals surface area contributed by atoms with Crippen molar-refractivity contribution < 1.29 is 0 Å². The number of hydrogen-bond donors (Lipinski definition) is 4. The first-order valence-corrected chi connectivity index (χ1v) is 10.8. The van der Waals surface area contributed by atoms with E-state index in [2.05, 4.69) is 50.1 Å². The molecule has 7 nitrogen and oxygen atoms in total. The highest BCUT2D eigenvalue weighted by molar-refractivity contribution is 5.94. The maximum absolute atomic E-state index is 12.6. The monoisotopic (exact) mass is 404 g/mol. The van der Waals surface area contributed by atoms with Crippen molar-refractivity contribution in [3.63, 3.8) is 0 Å². The summed E-state index contributed by atoms with van der Waals surface area (Å²) in [6, 6.07) is 12.5. The largest absolute Gasteiger partial charge is 0.354 e. The smallest absolute Gasteiger partial charge is 0.259 e. The Balaban J connectivity index is 1.47. The number of fused-ring (bicyclic) bond motifs is 1. The quantitative estimate of drug-likeness (QED) is 0.535. The van der Waals surface area contributed by atoms with Crippen LogP contribution >= 0.6 is 0 Å². The number of nitrogens with one attached hydrogen (secondary N) is 4. The van der Waals surface area contributed by atoms with Gasteiger partial charge in [0.2, 0.25) is 0 Å². The molecule has 2 aromatic heterocycles. The third-order valence-electron chi connectivity index (χ3n) is 6.17. The van der Waals surface area contributed by atoms with Crippen LogP contribution in [0.3, 0.4) is 0 Å². The second kappa shape index (κ2) is 8.45. The van der Waals surface area contributed by atoms with Crippen LogP contribution in [0.5, 0.6) is 0 Å². The van der Waals surface area contributed by atoms with Crippen molar-refractivity contribution in [2.45, 2.75) is 18.8 Å². The zero-order chi connectivity index (χ0) is 20.3. The lowest BCUT2D eigenvalue weighted by atomic mass is 9.90. The maximum Gasteiger partial charge on any atom is 0.259 e. The minimum atomic E-state index is -0.124. The molecule has 2 aliphatic heterocycles. The number of pyridine rings is 2. The number of benzene rings is 1. The molecule has 0 spiro atoms. The molecule has 2 saturated heterocycles. The molecule has 2 aliphatic rings. The van der Waals surface area contributed by atoms with Gasteiger partial charge in [-0.3, -0.25) is 4.79 Å². The summed E-state index contributed by atoms with van der Waals surface area (Å²) >= 11 is 0. The summed E-state index contributed by atoms with van der Waals surface area (Å²) in [6.07, 6.45) is 4.06.